The van der Waals surface area contributed by atoms with Crippen LogP contribution in [0.5, 0.6) is 5.75 Å². The third kappa shape index (κ3) is 2.24. The fraction of sp³-hybridized carbons (Fsp3) is 0.500. The quantitative estimate of drug-likeness (QED) is 0.799. The van der Waals surface area contributed by atoms with E-state index in [0.29, 0.717) is 5.56 Å². The van der Waals surface area contributed by atoms with Crippen molar-refractivity contribution in [2.75, 3.05) is 0 Å². The molecule has 0 heterocycles. The number of benzene rings is 1. The summed E-state index contributed by atoms with van der Waals surface area (Å²) in [6, 6.07) is 4.68. The van der Waals surface area contributed by atoms with Gasteiger partial charge < -0.3 is 15.9 Å². The van der Waals surface area contributed by atoms with Crippen LogP contribution >= 0.6 is 15.9 Å². The van der Waals surface area contributed by atoms with Crippen LogP contribution in [0, 0.1) is 5.92 Å². The Labute approximate surface area is 103 Å². The maximum absolute atomic E-state index is 10.0. The van der Waals surface area contributed by atoms with E-state index in [-0.39, 0.29) is 11.7 Å². The fourth-order valence-corrected chi connectivity index (χ4v) is 2.41. The number of nitrogens with two attached hydrogens (primary N) is 1. The molecular weight excluding hydrogens is 270 g/mol. The molecule has 4 heteroatoms. The first-order valence-corrected chi connectivity index (χ1v) is 6.31. The lowest BCUT2D eigenvalue weighted by Crippen LogP contribution is -2.36. The Balaban J connectivity index is 2.15. The van der Waals surface area contributed by atoms with Crippen LogP contribution in [0.3, 0.4) is 0 Å². The lowest BCUT2D eigenvalue weighted by atomic mass is 9.77. The Bertz CT molecular complexity index is 379. The maximum atomic E-state index is 10.0. The molecule has 0 amide bonds. The van der Waals surface area contributed by atoms with Gasteiger partial charge in [-0.05, 0) is 30.9 Å². The molecule has 1 aromatic carbocycles. The molecule has 2 atom stereocenters. The van der Waals surface area contributed by atoms with E-state index in [1.807, 2.05) is 6.07 Å². The molecule has 1 aliphatic rings. The molecule has 1 aromatic rings. The summed E-state index contributed by atoms with van der Waals surface area (Å²) in [5, 5.41) is 19.8. The molecule has 0 radical (unpaired) electrons. The van der Waals surface area contributed by atoms with Gasteiger partial charge in [-0.15, -0.1) is 0 Å². The van der Waals surface area contributed by atoms with Crippen LogP contribution in [-0.4, -0.2) is 16.3 Å². The van der Waals surface area contributed by atoms with E-state index in [1.54, 1.807) is 12.1 Å². The first-order chi connectivity index (χ1) is 7.59. The second kappa shape index (κ2) is 4.73. The second-order valence-electron chi connectivity index (χ2n) is 4.41. The predicted octanol–water partition coefficient (Wildman–Crippen LogP) is 2.32. The van der Waals surface area contributed by atoms with E-state index in [0.717, 1.165) is 17.3 Å². The van der Waals surface area contributed by atoms with Crippen LogP contribution in [0.15, 0.2) is 22.7 Å². The van der Waals surface area contributed by atoms with Crippen molar-refractivity contribution in [2.45, 2.75) is 31.4 Å². The first-order valence-electron chi connectivity index (χ1n) is 5.51. The number of aromatic hydroxyl groups is 1. The highest BCUT2D eigenvalue weighted by Gasteiger charge is 2.31. The molecular formula is C12H16BrNO2. The minimum Gasteiger partial charge on any atom is -0.508 e. The van der Waals surface area contributed by atoms with Crippen molar-refractivity contribution in [2.24, 2.45) is 11.7 Å². The molecule has 88 valence electrons. The molecule has 0 saturated heterocycles. The highest BCUT2D eigenvalue weighted by molar-refractivity contribution is 9.10. The smallest absolute Gasteiger partial charge is 0.121 e. The molecule has 3 nitrogen and oxygen atoms in total. The average molecular weight is 286 g/mol. The van der Waals surface area contributed by atoms with E-state index in [9.17, 15) is 10.2 Å². The maximum Gasteiger partial charge on any atom is 0.121 e. The number of aliphatic hydroxyl groups excluding tert-OH is 1. The summed E-state index contributed by atoms with van der Waals surface area (Å²) in [6.45, 7) is 0. The molecule has 1 fully saturated rings. The van der Waals surface area contributed by atoms with Crippen LogP contribution < -0.4 is 5.73 Å². The van der Waals surface area contributed by atoms with Crippen molar-refractivity contribution in [3.8, 4) is 5.75 Å². The van der Waals surface area contributed by atoms with Gasteiger partial charge in [-0.1, -0.05) is 28.4 Å². The van der Waals surface area contributed by atoms with Gasteiger partial charge in [0.25, 0.3) is 0 Å². The molecule has 4 N–H and O–H groups in total. The zero-order chi connectivity index (χ0) is 11.7. The number of phenols is 1. The molecule has 0 bridgehead atoms. The summed E-state index contributed by atoms with van der Waals surface area (Å²) in [5.74, 6) is 0.429. The van der Waals surface area contributed by atoms with Crippen molar-refractivity contribution in [1.82, 2.24) is 0 Å². The van der Waals surface area contributed by atoms with Crippen molar-refractivity contribution in [1.29, 1.82) is 0 Å². The Hall–Kier alpha value is -0.580. The van der Waals surface area contributed by atoms with Gasteiger partial charge in [0, 0.05) is 10.0 Å². The van der Waals surface area contributed by atoms with E-state index in [1.165, 1.54) is 6.42 Å². The minimum atomic E-state index is -0.555. The van der Waals surface area contributed by atoms with Gasteiger partial charge in [0.2, 0.25) is 0 Å². The normalized spacial score (nSPS) is 20.2. The lowest BCUT2D eigenvalue weighted by molar-refractivity contribution is 0.0407. The van der Waals surface area contributed by atoms with Crippen LogP contribution in [0.4, 0.5) is 0 Å². The number of phenolic OH excluding ortho intramolecular Hbond substituents is 1. The highest BCUT2D eigenvalue weighted by Crippen LogP contribution is 2.36. The van der Waals surface area contributed by atoms with Crippen LogP contribution in [0.2, 0.25) is 0 Å². The molecule has 2 rings (SSSR count). The number of hydrogen-bond donors (Lipinski definition) is 3. The number of rotatable bonds is 3. The standard InChI is InChI=1S/C12H16BrNO2/c13-8-4-5-9(10(15)6-8)11(14)12(16)7-2-1-3-7/h4-7,11-12,15-16H,1-3,14H2/t11-,12+/m1/s1. The third-order valence-electron chi connectivity index (χ3n) is 3.35. The van der Waals surface area contributed by atoms with Crippen molar-refractivity contribution < 1.29 is 10.2 Å². The molecule has 1 saturated carbocycles. The number of aliphatic hydroxyl groups is 1. The van der Waals surface area contributed by atoms with Gasteiger partial charge >= 0.3 is 0 Å². The first kappa shape index (κ1) is 11.9. The lowest BCUT2D eigenvalue weighted by Gasteiger charge is -2.34. The highest BCUT2D eigenvalue weighted by atomic mass is 79.9. The van der Waals surface area contributed by atoms with E-state index in [2.05, 4.69) is 15.9 Å². The summed E-state index contributed by atoms with van der Waals surface area (Å²) >= 11 is 3.27. The minimum absolute atomic E-state index is 0.139. The molecule has 0 aromatic heterocycles. The number of halogens is 1. The zero-order valence-corrected chi connectivity index (χ0v) is 10.5. The van der Waals surface area contributed by atoms with Gasteiger partial charge in [-0.2, -0.15) is 0 Å². The van der Waals surface area contributed by atoms with Crippen molar-refractivity contribution in [3.63, 3.8) is 0 Å². The van der Waals surface area contributed by atoms with E-state index >= 15 is 0 Å². The molecule has 16 heavy (non-hydrogen) atoms. The SMILES string of the molecule is N[C@H](c1ccc(Br)cc1O)[C@@H](O)C1CCC1. The van der Waals surface area contributed by atoms with Crippen LogP contribution in [0.1, 0.15) is 30.9 Å². The topological polar surface area (TPSA) is 66.5 Å². The summed E-state index contributed by atoms with van der Waals surface area (Å²) < 4.78 is 0.805. The Morgan fingerprint density at radius 3 is 2.56 bits per heavy atom. The van der Waals surface area contributed by atoms with Gasteiger partial charge in [-0.3, -0.25) is 0 Å². The fourth-order valence-electron chi connectivity index (χ4n) is 2.06. The second-order valence-corrected chi connectivity index (χ2v) is 5.33. The van der Waals surface area contributed by atoms with Crippen molar-refractivity contribution in [3.05, 3.63) is 28.2 Å². The Morgan fingerprint density at radius 2 is 2.06 bits per heavy atom. The molecule has 1 aliphatic carbocycles. The summed E-state index contributed by atoms with van der Waals surface area (Å²) in [7, 11) is 0. The van der Waals surface area contributed by atoms with Crippen LogP contribution in [0.25, 0.3) is 0 Å². The molecule has 0 aliphatic heterocycles. The summed E-state index contributed by atoms with van der Waals surface area (Å²) in [5.41, 5.74) is 6.59. The molecule has 0 spiro atoms. The van der Waals surface area contributed by atoms with Crippen molar-refractivity contribution >= 4 is 15.9 Å². The Morgan fingerprint density at radius 1 is 1.38 bits per heavy atom. The van der Waals surface area contributed by atoms with Gasteiger partial charge in [0.15, 0.2) is 0 Å². The summed E-state index contributed by atoms with van der Waals surface area (Å²) in [6.07, 6.45) is 2.68. The predicted molar refractivity (Wildman–Crippen MR) is 66.1 cm³/mol. The monoisotopic (exact) mass is 285 g/mol. The van der Waals surface area contributed by atoms with E-state index < -0.39 is 12.1 Å². The Kier molecular flexibility index (Phi) is 3.52. The van der Waals surface area contributed by atoms with Crippen LogP contribution in [-0.2, 0) is 0 Å². The molecule has 0 unspecified atom stereocenters. The zero-order valence-electron chi connectivity index (χ0n) is 8.94. The van der Waals surface area contributed by atoms with Gasteiger partial charge in [0.1, 0.15) is 5.75 Å². The average Bonchev–Trinajstić information content (AvgIpc) is 2.14. The summed E-state index contributed by atoms with van der Waals surface area (Å²) in [4.78, 5) is 0. The van der Waals surface area contributed by atoms with Gasteiger partial charge in [0.05, 0.1) is 12.1 Å². The number of hydrogen-bond acceptors (Lipinski definition) is 3. The third-order valence-corrected chi connectivity index (χ3v) is 3.85. The largest absolute Gasteiger partial charge is 0.508 e. The van der Waals surface area contributed by atoms with E-state index in [4.69, 9.17) is 5.73 Å². The van der Waals surface area contributed by atoms with Gasteiger partial charge in [-0.25, -0.2) is 0 Å².